The zero-order valence-electron chi connectivity index (χ0n) is 19.0. The van der Waals surface area contributed by atoms with Crippen LogP contribution in [0.15, 0.2) is 6.07 Å². The highest BCUT2D eigenvalue weighted by Crippen LogP contribution is 2.47. The van der Waals surface area contributed by atoms with Crippen LogP contribution in [-0.2, 0) is 23.8 Å². The molecule has 0 aromatic carbocycles. The molecule has 2 aromatic heterocycles. The lowest BCUT2D eigenvalue weighted by atomic mass is 9.77. The molecule has 1 N–H and O–H groups in total. The van der Waals surface area contributed by atoms with E-state index in [0.717, 1.165) is 55.6 Å². The Balaban J connectivity index is 1.70. The van der Waals surface area contributed by atoms with Gasteiger partial charge in [0, 0.05) is 48.8 Å². The maximum Gasteiger partial charge on any atom is 0.136 e. The third-order valence-corrected chi connectivity index (χ3v) is 6.65. The first-order chi connectivity index (χ1) is 13.7. The molecule has 1 spiro atoms. The number of aryl methyl sites for hydroxylation is 1. The highest BCUT2D eigenvalue weighted by molar-refractivity contribution is 5.54. The predicted molar refractivity (Wildman–Crippen MR) is 118 cm³/mol. The Hall–Kier alpha value is -1.95. The molecule has 0 bridgehead atoms. The molecule has 6 nitrogen and oxygen atoms in total. The summed E-state index contributed by atoms with van der Waals surface area (Å²) in [6, 6.07) is 2.16. The minimum atomic E-state index is -0.0525. The monoisotopic (exact) mass is 396 g/mol. The zero-order valence-corrected chi connectivity index (χ0v) is 19.0. The average Bonchev–Trinajstić information content (AvgIpc) is 3.24. The molecule has 2 aliphatic rings. The molecule has 29 heavy (non-hydrogen) atoms. The molecule has 1 aliphatic carbocycles. The molecular weight excluding hydrogens is 360 g/mol. The van der Waals surface area contributed by atoms with Gasteiger partial charge < -0.3 is 4.90 Å². The Morgan fingerprint density at radius 1 is 1.24 bits per heavy atom. The minimum Gasteiger partial charge on any atom is -0.360 e. The second kappa shape index (κ2) is 7.38. The molecular formula is C23H36N6. The topological polar surface area (TPSA) is 60.9 Å². The van der Waals surface area contributed by atoms with Gasteiger partial charge in [0.1, 0.15) is 11.6 Å². The van der Waals surface area contributed by atoms with E-state index in [1.807, 2.05) is 0 Å². The van der Waals surface area contributed by atoms with E-state index in [-0.39, 0.29) is 10.8 Å². The number of fused-ring (bicyclic) bond motifs is 2. The van der Waals surface area contributed by atoms with Gasteiger partial charge in [-0.15, -0.1) is 0 Å². The lowest BCUT2D eigenvalue weighted by Gasteiger charge is -2.40. The van der Waals surface area contributed by atoms with Gasteiger partial charge in [-0.25, -0.2) is 9.97 Å². The molecule has 1 atom stereocenters. The van der Waals surface area contributed by atoms with E-state index < -0.39 is 0 Å². The summed E-state index contributed by atoms with van der Waals surface area (Å²) in [5, 5.41) is 7.55. The zero-order chi connectivity index (χ0) is 20.8. The summed E-state index contributed by atoms with van der Waals surface area (Å²) in [6.07, 6.45) is 4.72. The maximum atomic E-state index is 5.24. The number of hydrogen-bond acceptors (Lipinski definition) is 5. The van der Waals surface area contributed by atoms with Crippen molar-refractivity contribution in [3.8, 4) is 0 Å². The van der Waals surface area contributed by atoms with Crippen LogP contribution in [0.3, 0.4) is 0 Å². The van der Waals surface area contributed by atoms with Crippen molar-refractivity contribution < 1.29 is 0 Å². The highest BCUT2D eigenvalue weighted by Gasteiger charge is 2.45. The van der Waals surface area contributed by atoms with E-state index in [4.69, 9.17) is 9.97 Å². The first kappa shape index (κ1) is 20.3. The van der Waals surface area contributed by atoms with E-state index in [0.29, 0.717) is 0 Å². The van der Waals surface area contributed by atoms with Crippen LogP contribution in [0, 0.1) is 6.92 Å². The number of aromatic amines is 1. The van der Waals surface area contributed by atoms with Gasteiger partial charge in [0.25, 0.3) is 0 Å². The predicted octanol–water partition coefficient (Wildman–Crippen LogP) is 3.74. The van der Waals surface area contributed by atoms with Gasteiger partial charge in [0.15, 0.2) is 0 Å². The van der Waals surface area contributed by atoms with Crippen LogP contribution in [0.2, 0.25) is 0 Å². The first-order valence-corrected chi connectivity index (χ1v) is 11.1. The summed E-state index contributed by atoms with van der Waals surface area (Å²) in [6.45, 7) is 15.0. The number of anilines is 1. The smallest absolute Gasteiger partial charge is 0.136 e. The van der Waals surface area contributed by atoms with Crippen molar-refractivity contribution >= 4 is 5.82 Å². The minimum absolute atomic E-state index is 0.0525. The van der Waals surface area contributed by atoms with Gasteiger partial charge >= 0.3 is 0 Å². The molecule has 3 heterocycles. The first-order valence-electron chi connectivity index (χ1n) is 11.1. The van der Waals surface area contributed by atoms with Crippen LogP contribution in [0.1, 0.15) is 75.4 Å². The lowest BCUT2D eigenvalue weighted by molar-refractivity contribution is 0.135. The van der Waals surface area contributed by atoms with Crippen LogP contribution in [0.25, 0.3) is 0 Å². The highest BCUT2D eigenvalue weighted by atomic mass is 15.2. The van der Waals surface area contributed by atoms with Crippen molar-refractivity contribution in [2.24, 2.45) is 0 Å². The quantitative estimate of drug-likeness (QED) is 0.853. The fourth-order valence-electron chi connectivity index (χ4n) is 4.97. The Morgan fingerprint density at radius 3 is 2.69 bits per heavy atom. The Morgan fingerprint density at radius 2 is 2.03 bits per heavy atom. The molecule has 1 saturated heterocycles. The largest absolute Gasteiger partial charge is 0.360 e. The molecule has 0 saturated carbocycles. The second-order valence-corrected chi connectivity index (χ2v) is 10.1. The van der Waals surface area contributed by atoms with Crippen molar-refractivity contribution in [3.05, 3.63) is 34.5 Å². The molecule has 2 aromatic rings. The third kappa shape index (κ3) is 3.79. The van der Waals surface area contributed by atoms with Crippen molar-refractivity contribution in [2.45, 2.75) is 77.7 Å². The van der Waals surface area contributed by atoms with Gasteiger partial charge in [-0.3, -0.25) is 10.00 Å². The van der Waals surface area contributed by atoms with E-state index in [1.165, 1.54) is 30.5 Å². The molecule has 0 amide bonds. The van der Waals surface area contributed by atoms with Crippen LogP contribution < -0.4 is 4.90 Å². The van der Waals surface area contributed by atoms with E-state index in [9.17, 15) is 0 Å². The number of aromatic nitrogens is 4. The van der Waals surface area contributed by atoms with Gasteiger partial charge in [-0.1, -0.05) is 20.8 Å². The van der Waals surface area contributed by atoms with E-state index >= 15 is 0 Å². The number of nitrogens with one attached hydrogen (secondary N) is 1. The molecule has 158 valence electrons. The van der Waals surface area contributed by atoms with Crippen LogP contribution in [0.4, 0.5) is 5.82 Å². The number of piperidine rings is 1. The van der Waals surface area contributed by atoms with Crippen LogP contribution >= 0.6 is 0 Å². The molecule has 6 heteroatoms. The normalized spacial score (nSPS) is 22.3. The average molecular weight is 397 g/mol. The molecule has 1 fully saturated rings. The summed E-state index contributed by atoms with van der Waals surface area (Å²) in [7, 11) is 2.16. The fourth-order valence-corrected chi connectivity index (χ4v) is 4.97. The van der Waals surface area contributed by atoms with Crippen molar-refractivity contribution in [1.82, 2.24) is 25.1 Å². The summed E-state index contributed by atoms with van der Waals surface area (Å²) in [5.41, 5.74) is 5.10. The Labute approximate surface area is 175 Å². The molecule has 1 aliphatic heterocycles. The van der Waals surface area contributed by atoms with Gasteiger partial charge in [0.05, 0.1) is 11.4 Å². The van der Waals surface area contributed by atoms with E-state index in [2.05, 4.69) is 67.7 Å². The SMILES string of the molecule is CCN(C)c1nc(C(C)(C)C)nc2c1CCC21CCCN(Cc2cc(C)[nH]n2)C1. The standard InChI is InChI=1S/C23H36N6/c1-7-28(6)20-18-9-11-23(19(18)24-21(25-20)22(3,4)5)10-8-12-29(15-23)14-17-13-16(2)26-27-17/h13H,7-12,14-15H2,1-6H3,(H,26,27). The summed E-state index contributed by atoms with van der Waals surface area (Å²) in [5.74, 6) is 2.13. The van der Waals surface area contributed by atoms with Crippen molar-refractivity contribution in [2.75, 3.05) is 31.6 Å². The van der Waals surface area contributed by atoms with Gasteiger partial charge in [-0.05, 0) is 52.1 Å². The number of likely N-dealkylation sites (tertiary alicyclic amines) is 1. The lowest BCUT2D eigenvalue weighted by Crippen LogP contribution is -2.45. The molecule has 4 rings (SSSR count). The Kier molecular flexibility index (Phi) is 5.18. The second-order valence-electron chi connectivity index (χ2n) is 10.1. The number of nitrogens with zero attached hydrogens (tertiary/aromatic N) is 5. The van der Waals surface area contributed by atoms with Crippen molar-refractivity contribution in [1.29, 1.82) is 0 Å². The number of rotatable bonds is 4. The maximum absolute atomic E-state index is 5.24. The van der Waals surface area contributed by atoms with Gasteiger partial charge in [-0.2, -0.15) is 5.10 Å². The summed E-state index contributed by atoms with van der Waals surface area (Å²) in [4.78, 5) is 15.2. The number of H-pyrrole nitrogens is 1. The van der Waals surface area contributed by atoms with Crippen LogP contribution in [0.5, 0.6) is 0 Å². The third-order valence-electron chi connectivity index (χ3n) is 6.65. The van der Waals surface area contributed by atoms with E-state index in [1.54, 1.807) is 0 Å². The van der Waals surface area contributed by atoms with Gasteiger partial charge in [0.2, 0.25) is 0 Å². The number of hydrogen-bond donors (Lipinski definition) is 1. The summed E-state index contributed by atoms with van der Waals surface area (Å²) >= 11 is 0. The molecule has 0 radical (unpaired) electrons. The van der Waals surface area contributed by atoms with Crippen molar-refractivity contribution in [3.63, 3.8) is 0 Å². The Bertz CT molecular complexity index is 880. The fraction of sp³-hybridized carbons (Fsp3) is 0.696. The summed E-state index contributed by atoms with van der Waals surface area (Å²) < 4.78 is 0. The van der Waals surface area contributed by atoms with Crippen LogP contribution in [-0.4, -0.2) is 51.7 Å². The molecule has 1 unspecified atom stereocenters.